The number of nitrogens with zero attached hydrogens (tertiary/aromatic N) is 1. The summed E-state index contributed by atoms with van der Waals surface area (Å²) in [6.07, 6.45) is 1.50. The Hall–Kier alpha value is -2.71. The fraction of sp³-hybridized carbons (Fsp3) is 0.0556. The van der Waals surface area contributed by atoms with Crippen LogP contribution in [0.25, 0.3) is 10.8 Å². The topological polar surface area (TPSA) is 83.5 Å². The van der Waals surface area contributed by atoms with Gasteiger partial charge in [0.05, 0.1) is 17.1 Å². The molecule has 0 aliphatic rings. The van der Waals surface area contributed by atoms with Crippen LogP contribution in [0.2, 0.25) is 0 Å². The molecule has 132 valence electrons. The third-order valence-electron chi connectivity index (χ3n) is 3.64. The van der Waals surface area contributed by atoms with Crippen molar-refractivity contribution in [3.8, 4) is 11.5 Å². The van der Waals surface area contributed by atoms with Gasteiger partial charge in [0.1, 0.15) is 5.75 Å². The van der Waals surface area contributed by atoms with Crippen LogP contribution in [-0.2, 0) is 0 Å². The highest BCUT2D eigenvalue weighted by Gasteiger charge is 2.19. The number of carbonyl (C=O) groups is 1. The van der Waals surface area contributed by atoms with Crippen LogP contribution in [0.4, 0.5) is 5.82 Å². The number of amides is 1. The van der Waals surface area contributed by atoms with Crippen molar-refractivity contribution in [2.45, 2.75) is 0 Å². The van der Waals surface area contributed by atoms with E-state index in [0.29, 0.717) is 15.8 Å². The van der Waals surface area contributed by atoms with E-state index < -0.39 is 5.91 Å². The smallest absolute Gasteiger partial charge is 0.261 e. The van der Waals surface area contributed by atoms with Gasteiger partial charge >= 0.3 is 0 Å². The molecule has 2 aromatic carbocycles. The van der Waals surface area contributed by atoms with E-state index in [1.54, 1.807) is 12.1 Å². The van der Waals surface area contributed by atoms with E-state index in [9.17, 15) is 9.90 Å². The Balaban J connectivity index is 1.88. The number of hydrogen-bond acceptors (Lipinski definition) is 5. The number of benzene rings is 2. The molecule has 3 N–H and O–H groups in total. The number of fused-ring (bicyclic) bond motifs is 1. The summed E-state index contributed by atoms with van der Waals surface area (Å²) in [7, 11) is 1.49. The van der Waals surface area contributed by atoms with Crippen LogP contribution in [0.5, 0.6) is 11.5 Å². The zero-order valence-corrected chi connectivity index (χ0v) is 16.0. The average Bonchev–Trinajstić information content (AvgIpc) is 2.63. The zero-order chi connectivity index (χ0) is 18.7. The van der Waals surface area contributed by atoms with Gasteiger partial charge in [-0.1, -0.05) is 24.3 Å². The van der Waals surface area contributed by atoms with Crippen LogP contribution in [0.3, 0.4) is 0 Å². The molecule has 0 saturated carbocycles. The Kier molecular flexibility index (Phi) is 5.34. The number of aromatic hydroxyl groups is 1. The van der Waals surface area contributed by atoms with E-state index in [0.717, 1.165) is 10.8 Å². The summed E-state index contributed by atoms with van der Waals surface area (Å²) < 4.78 is 6.09. The van der Waals surface area contributed by atoms with Gasteiger partial charge in [-0.05, 0) is 57.1 Å². The van der Waals surface area contributed by atoms with Gasteiger partial charge in [-0.15, -0.1) is 0 Å². The van der Waals surface area contributed by atoms with Crippen LogP contribution in [0, 0.1) is 0 Å². The summed E-state index contributed by atoms with van der Waals surface area (Å²) in [5.41, 5.74) is 0.326. The molecule has 1 aromatic heterocycles. The zero-order valence-electron chi connectivity index (χ0n) is 13.6. The first-order chi connectivity index (χ1) is 12.5. The number of halogens is 1. The average molecular weight is 432 g/mol. The Labute approximate surface area is 163 Å². The fourth-order valence-corrected chi connectivity index (χ4v) is 3.38. The van der Waals surface area contributed by atoms with Crippen LogP contribution in [0.1, 0.15) is 10.4 Å². The van der Waals surface area contributed by atoms with E-state index in [1.165, 1.54) is 19.4 Å². The van der Waals surface area contributed by atoms with Crippen molar-refractivity contribution < 1.29 is 14.6 Å². The van der Waals surface area contributed by atoms with Crippen LogP contribution >= 0.6 is 28.1 Å². The van der Waals surface area contributed by atoms with Crippen molar-refractivity contribution >= 4 is 55.8 Å². The number of rotatable bonds is 3. The van der Waals surface area contributed by atoms with Gasteiger partial charge in [0.2, 0.25) is 0 Å². The number of nitrogens with one attached hydrogen (secondary N) is 2. The van der Waals surface area contributed by atoms with Crippen molar-refractivity contribution in [3.05, 3.63) is 58.7 Å². The molecule has 0 radical (unpaired) electrons. The van der Waals surface area contributed by atoms with Crippen molar-refractivity contribution in [3.63, 3.8) is 0 Å². The van der Waals surface area contributed by atoms with E-state index in [1.807, 2.05) is 24.3 Å². The maximum absolute atomic E-state index is 12.7. The highest BCUT2D eigenvalue weighted by Crippen LogP contribution is 2.36. The Morgan fingerprint density at radius 2 is 2.04 bits per heavy atom. The highest BCUT2D eigenvalue weighted by molar-refractivity contribution is 9.10. The standard InChI is InChI=1S/C18H14BrN3O3S/c1-25-15-12(9-10-5-2-3-6-11(10)14(15)19)17(24)22-18(26)21-16-13(23)7-4-8-20-16/h2-9,23H,1H3,(H2,20,21,22,24,26). The second-order valence-electron chi connectivity index (χ2n) is 5.27. The lowest BCUT2D eigenvalue weighted by Crippen LogP contribution is -2.34. The molecule has 6 nitrogen and oxygen atoms in total. The first kappa shape index (κ1) is 18.1. The minimum Gasteiger partial charge on any atom is -0.504 e. The third kappa shape index (κ3) is 3.61. The van der Waals surface area contributed by atoms with Crippen LogP contribution in [-0.4, -0.2) is 28.2 Å². The minimum absolute atomic E-state index is 0.00957. The molecule has 0 atom stereocenters. The van der Waals surface area contributed by atoms with E-state index in [4.69, 9.17) is 17.0 Å². The van der Waals surface area contributed by atoms with Gasteiger partial charge in [0, 0.05) is 6.20 Å². The second-order valence-corrected chi connectivity index (χ2v) is 6.47. The summed E-state index contributed by atoms with van der Waals surface area (Å²) >= 11 is 8.63. The third-order valence-corrected chi connectivity index (χ3v) is 4.63. The molecule has 26 heavy (non-hydrogen) atoms. The Bertz CT molecular complexity index is 1010. The number of anilines is 1. The Morgan fingerprint density at radius 3 is 2.77 bits per heavy atom. The molecule has 0 aliphatic heterocycles. The summed E-state index contributed by atoms with van der Waals surface area (Å²) in [6.45, 7) is 0. The van der Waals surface area contributed by atoms with Gasteiger partial charge in [0.25, 0.3) is 5.91 Å². The van der Waals surface area contributed by atoms with E-state index in [-0.39, 0.29) is 16.7 Å². The molecule has 0 saturated heterocycles. The quantitative estimate of drug-likeness (QED) is 0.546. The molecule has 3 aromatic rings. The minimum atomic E-state index is -0.443. The summed E-state index contributed by atoms with van der Waals surface area (Å²) in [4.78, 5) is 16.6. The molecule has 1 amide bonds. The van der Waals surface area contributed by atoms with Crippen molar-refractivity contribution in [2.75, 3.05) is 12.4 Å². The van der Waals surface area contributed by atoms with E-state index >= 15 is 0 Å². The number of thiocarbonyl (C=S) groups is 1. The predicted octanol–water partition coefficient (Wildman–Crippen LogP) is 3.84. The van der Waals surface area contributed by atoms with Crippen LogP contribution < -0.4 is 15.4 Å². The molecule has 0 unspecified atom stereocenters. The molecule has 1 heterocycles. The van der Waals surface area contributed by atoms with Gasteiger partial charge in [-0.2, -0.15) is 0 Å². The second kappa shape index (κ2) is 7.67. The van der Waals surface area contributed by atoms with E-state index in [2.05, 4.69) is 31.5 Å². The molecule has 0 bridgehead atoms. The molecule has 3 rings (SSSR count). The van der Waals surface area contributed by atoms with Gasteiger partial charge in [-0.25, -0.2) is 4.98 Å². The van der Waals surface area contributed by atoms with Crippen LogP contribution in [0.15, 0.2) is 53.1 Å². The SMILES string of the molecule is COc1c(C(=O)NC(=S)Nc2ncccc2O)cc2ccccc2c1Br. The van der Waals surface area contributed by atoms with Gasteiger partial charge in [-0.3, -0.25) is 10.1 Å². The summed E-state index contributed by atoms with van der Waals surface area (Å²) in [5.74, 6) is 0.0468. The number of methoxy groups -OCH3 is 1. The lowest BCUT2D eigenvalue weighted by atomic mass is 10.1. The van der Waals surface area contributed by atoms with Gasteiger partial charge < -0.3 is 15.2 Å². The normalized spacial score (nSPS) is 10.4. The lowest BCUT2D eigenvalue weighted by Gasteiger charge is -2.14. The van der Waals surface area contributed by atoms with Crippen molar-refractivity contribution in [1.82, 2.24) is 10.3 Å². The number of aromatic nitrogens is 1. The van der Waals surface area contributed by atoms with Gasteiger partial charge in [0.15, 0.2) is 16.7 Å². The molecular formula is C18H14BrN3O3S. The van der Waals surface area contributed by atoms with Crippen molar-refractivity contribution in [2.24, 2.45) is 0 Å². The van der Waals surface area contributed by atoms with Crippen molar-refractivity contribution in [1.29, 1.82) is 0 Å². The first-order valence-electron chi connectivity index (χ1n) is 7.53. The number of ether oxygens (including phenoxy) is 1. The maximum atomic E-state index is 12.7. The lowest BCUT2D eigenvalue weighted by molar-refractivity contribution is 0.0975. The predicted molar refractivity (Wildman–Crippen MR) is 108 cm³/mol. The molecule has 8 heteroatoms. The molecule has 0 fully saturated rings. The number of pyridine rings is 1. The Morgan fingerprint density at radius 1 is 1.27 bits per heavy atom. The molecular weight excluding hydrogens is 418 g/mol. The molecule has 0 aliphatic carbocycles. The summed E-state index contributed by atoms with van der Waals surface area (Å²) in [5, 5.41) is 16.8. The number of hydrogen-bond donors (Lipinski definition) is 3. The highest BCUT2D eigenvalue weighted by atomic mass is 79.9. The monoisotopic (exact) mass is 431 g/mol. The first-order valence-corrected chi connectivity index (χ1v) is 8.73. The number of carbonyl (C=O) groups excluding carboxylic acids is 1. The largest absolute Gasteiger partial charge is 0.504 e. The molecule has 0 spiro atoms. The summed E-state index contributed by atoms with van der Waals surface area (Å²) in [6, 6.07) is 12.4. The fourth-order valence-electron chi connectivity index (χ4n) is 2.45. The maximum Gasteiger partial charge on any atom is 0.261 e.